The summed E-state index contributed by atoms with van der Waals surface area (Å²) in [5.41, 5.74) is 3.58. The Labute approximate surface area is 104 Å². The molecular formula is C15H12FNO. The van der Waals surface area contributed by atoms with Crippen molar-refractivity contribution in [2.45, 2.75) is 13.3 Å². The van der Waals surface area contributed by atoms with Crippen molar-refractivity contribution in [2.75, 3.05) is 0 Å². The minimum Gasteiger partial charge on any atom is -0.436 e. The molecule has 0 bridgehead atoms. The zero-order valence-electron chi connectivity index (χ0n) is 9.98. The molecule has 1 aromatic heterocycles. The predicted molar refractivity (Wildman–Crippen MR) is 68.8 cm³/mol. The van der Waals surface area contributed by atoms with Gasteiger partial charge in [-0.3, -0.25) is 0 Å². The highest BCUT2D eigenvalue weighted by atomic mass is 19.1. The Morgan fingerprint density at radius 3 is 2.61 bits per heavy atom. The summed E-state index contributed by atoms with van der Waals surface area (Å²) in [5.74, 6) is 0.273. The average molecular weight is 241 g/mol. The van der Waals surface area contributed by atoms with Crippen molar-refractivity contribution < 1.29 is 8.81 Å². The summed E-state index contributed by atoms with van der Waals surface area (Å²) in [6.45, 7) is 2.08. The van der Waals surface area contributed by atoms with Gasteiger partial charge in [0.15, 0.2) is 5.58 Å². The number of hydrogen-bond donors (Lipinski definition) is 0. The van der Waals surface area contributed by atoms with E-state index in [9.17, 15) is 4.39 Å². The van der Waals surface area contributed by atoms with Crippen molar-refractivity contribution in [3.05, 3.63) is 53.8 Å². The lowest BCUT2D eigenvalue weighted by atomic mass is 10.1. The van der Waals surface area contributed by atoms with Crippen LogP contribution in [-0.2, 0) is 6.42 Å². The van der Waals surface area contributed by atoms with Gasteiger partial charge in [0.05, 0.1) is 0 Å². The number of oxazole rings is 1. The van der Waals surface area contributed by atoms with Gasteiger partial charge in [0, 0.05) is 5.56 Å². The summed E-state index contributed by atoms with van der Waals surface area (Å²) in [6, 6.07) is 12.1. The second-order valence-electron chi connectivity index (χ2n) is 4.14. The monoisotopic (exact) mass is 241 g/mol. The lowest BCUT2D eigenvalue weighted by Crippen LogP contribution is -1.79. The highest BCUT2D eigenvalue weighted by molar-refractivity contribution is 5.79. The summed E-state index contributed by atoms with van der Waals surface area (Å²) in [4.78, 5) is 4.43. The summed E-state index contributed by atoms with van der Waals surface area (Å²) in [5, 5.41) is 0. The van der Waals surface area contributed by atoms with Crippen LogP contribution in [0, 0.1) is 5.82 Å². The summed E-state index contributed by atoms with van der Waals surface area (Å²) >= 11 is 0. The zero-order valence-corrected chi connectivity index (χ0v) is 9.98. The van der Waals surface area contributed by atoms with Gasteiger partial charge in [-0.1, -0.05) is 19.1 Å². The molecule has 0 amide bonds. The topological polar surface area (TPSA) is 26.0 Å². The van der Waals surface area contributed by atoms with E-state index >= 15 is 0 Å². The maximum absolute atomic E-state index is 12.9. The third-order valence-corrected chi connectivity index (χ3v) is 2.97. The molecule has 0 aliphatic rings. The minimum atomic E-state index is -0.260. The molecule has 0 unspecified atom stereocenters. The van der Waals surface area contributed by atoms with Crippen molar-refractivity contribution in [1.29, 1.82) is 0 Å². The molecule has 2 nitrogen and oxygen atoms in total. The molecule has 2 aromatic carbocycles. The fraction of sp³-hybridized carbons (Fsp3) is 0.133. The lowest BCUT2D eigenvalue weighted by molar-refractivity contribution is 0.613. The van der Waals surface area contributed by atoms with E-state index < -0.39 is 0 Å². The molecule has 1 heterocycles. The Morgan fingerprint density at radius 2 is 1.89 bits per heavy atom. The van der Waals surface area contributed by atoms with Crippen molar-refractivity contribution in [2.24, 2.45) is 0 Å². The first-order valence-corrected chi connectivity index (χ1v) is 5.92. The molecule has 3 heteroatoms. The molecule has 0 aliphatic heterocycles. The normalized spacial score (nSPS) is 11.0. The summed E-state index contributed by atoms with van der Waals surface area (Å²) in [6.07, 6.45) is 0.898. The number of nitrogens with zero attached hydrogens (tertiary/aromatic N) is 1. The molecule has 0 saturated carbocycles. The maximum atomic E-state index is 12.9. The Bertz CT molecular complexity index is 685. The van der Waals surface area contributed by atoms with Gasteiger partial charge >= 0.3 is 0 Å². The highest BCUT2D eigenvalue weighted by Crippen LogP contribution is 2.26. The Kier molecular flexibility index (Phi) is 2.59. The van der Waals surface area contributed by atoms with Crippen LogP contribution >= 0.6 is 0 Å². The number of para-hydroxylation sites is 1. The van der Waals surface area contributed by atoms with E-state index in [0.29, 0.717) is 5.89 Å². The van der Waals surface area contributed by atoms with E-state index in [4.69, 9.17) is 4.42 Å². The number of fused-ring (bicyclic) bond motifs is 1. The number of benzene rings is 2. The molecule has 90 valence electrons. The van der Waals surface area contributed by atoms with Gasteiger partial charge in [-0.2, -0.15) is 0 Å². The van der Waals surface area contributed by atoms with Crippen LogP contribution in [0.15, 0.2) is 46.9 Å². The Balaban J connectivity index is 2.16. The molecule has 0 saturated heterocycles. The van der Waals surface area contributed by atoms with Crippen LogP contribution in [0.2, 0.25) is 0 Å². The van der Waals surface area contributed by atoms with Crippen molar-refractivity contribution in [3.63, 3.8) is 0 Å². The lowest BCUT2D eigenvalue weighted by Gasteiger charge is -1.95. The standard InChI is InChI=1S/C15H12FNO/c1-2-10-4-3-5-13-14(10)18-15(17-13)11-6-8-12(16)9-7-11/h3-9H,2H2,1H3. The quantitative estimate of drug-likeness (QED) is 0.672. The molecule has 0 radical (unpaired) electrons. The number of aromatic nitrogens is 1. The Morgan fingerprint density at radius 1 is 1.11 bits per heavy atom. The first-order chi connectivity index (χ1) is 8.78. The fourth-order valence-electron chi connectivity index (χ4n) is 2.00. The number of halogens is 1. The summed E-state index contributed by atoms with van der Waals surface area (Å²) in [7, 11) is 0. The van der Waals surface area contributed by atoms with Gasteiger partial charge < -0.3 is 4.42 Å². The van der Waals surface area contributed by atoms with E-state index in [0.717, 1.165) is 28.6 Å². The predicted octanol–water partition coefficient (Wildman–Crippen LogP) is 4.20. The molecular weight excluding hydrogens is 229 g/mol. The smallest absolute Gasteiger partial charge is 0.227 e. The fourth-order valence-corrected chi connectivity index (χ4v) is 2.00. The van der Waals surface area contributed by atoms with E-state index in [1.807, 2.05) is 18.2 Å². The highest BCUT2D eigenvalue weighted by Gasteiger charge is 2.10. The van der Waals surface area contributed by atoms with E-state index in [1.165, 1.54) is 12.1 Å². The zero-order chi connectivity index (χ0) is 12.5. The van der Waals surface area contributed by atoms with Crippen molar-refractivity contribution in [1.82, 2.24) is 4.98 Å². The van der Waals surface area contributed by atoms with Gasteiger partial charge in [-0.05, 0) is 42.3 Å². The second-order valence-corrected chi connectivity index (χ2v) is 4.14. The van der Waals surface area contributed by atoms with Gasteiger partial charge in [-0.15, -0.1) is 0 Å². The molecule has 3 rings (SSSR count). The first kappa shape index (κ1) is 11.0. The van der Waals surface area contributed by atoms with Gasteiger partial charge in [0.1, 0.15) is 11.3 Å². The molecule has 0 N–H and O–H groups in total. The SMILES string of the molecule is CCc1cccc2nc(-c3ccc(F)cc3)oc12. The number of aryl methyl sites for hydroxylation is 1. The molecule has 18 heavy (non-hydrogen) atoms. The van der Waals surface area contributed by atoms with E-state index in [2.05, 4.69) is 11.9 Å². The van der Waals surface area contributed by atoms with Crippen LogP contribution in [0.3, 0.4) is 0 Å². The maximum Gasteiger partial charge on any atom is 0.227 e. The van der Waals surface area contributed by atoms with Gasteiger partial charge in [0.2, 0.25) is 5.89 Å². The Hall–Kier alpha value is -2.16. The van der Waals surface area contributed by atoms with Crippen LogP contribution in [-0.4, -0.2) is 4.98 Å². The summed E-state index contributed by atoms with van der Waals surface area (Å²) < 4.78 is 18.7. The number of rotatable bonds is 2. The number of hydrogen-bond acceptors (Lipinski definition) is 2. The minimum absolute atomic E-state index is 0.260. The third-order valence-electron chi connectivity index (χ3n) is 2.97. The van der Waals surface area contributed by atoms with Crippen LogP contribution < -0.4 is 0 Å². The van der Waals surface area contributed by atoms with Crippen molar-refractivity contribution >= 4 is 11.1 Å². The van der Waals surface area contributed by atoms with E-state index in [-0.39, 0.29) is 5.82 Å². The van der Waals surface area contributed by atoms with Crippen LogP contribution in [0.25, 0.3) is 22.6 Å². The van der Waals surface area contributed by atoms with Crippen molar-refractivity contribution in [3.8, 4) is 11.5 Å². The molecule has 0 atom stereocenters. The first-order valence-electron chi connectivity index (χ1n) is 5.92. The molecule has 0 fully saturated rings. The van der Waals surface area contributed by atoms with Gasteiger partial charge in [0.25, 0.3) is 0 Å². The molecule has 0 aliphatic carbocycles. The van der Waals surface area contributed by atoms with E-state index in [1.54, 1.807) is 12.1 Å². The van der Waals surface area contributed by atoms with Gasteiger partial charge in [-0.25, -0.2) is 9.37 Å². The van der Waals surface area contributed by atoms with Crippen LogP contribution in [0.5, 0.6) is 0 Å². The second kappa shape index (κ2) is 4.26. The molecule has 3 aromatic rings. The largest absolute Gasteiger partial charge is 0.436 e. The average Bonchev–Trinajstić information content (AvgIpc) is 2.83. The molecule has 0 spiro atoms. The van der Waals surface area contributed by atoms with Crippen LogP contribution in [0.4, 0.5) is 4.39 Å². The van der Waals surface area contributed by atoms with Crippen LogP contribution in [0.1, 0.15) is 12.5 Å². The third kappa shape index (κ3) is 1.78.